The maximum Gasteiger partial charge on any atom is 0.303 e. The van der Waals surface area contributed by atoms with Crippen molar-refractivity contribution in [1.82, 2.24) is 9.80 Å². The van der Waals surface area contributed by atoms with Crippen LogP contribution in [0.1, 0.15) is 62.3 Å². The van der Waals surface area contributed by atoms with Gasteiger partial charge in [0.1, 0.15) is 11.7 Å². The first kappa shape index (κ1) is 30.6. The number of hydrogen-bond acceptors (Lipinski definition) is 7. The number of nitrogens with zero attached hydrogens (tertiary/aromatic N) is 2. The van der Waals surface area contributed by atoms with E-state index < -0.39 is 17.1 Å². The van der Waals surface area contributed by atoms with E-state index in [0.717, 1.165) is 49.2 Å². The van der Waals surface area contributed by atoms with E-state index in [2.05, 4.69) is 49.1 Å². The van der Waals surface area contributed by atoms with Crippen molar-refractivity contribution in [3.8, 4) is 11.5 Å². The summed E-state index contributed by atoms with van der Waals surface area (Å²) in [6, 6.07) is 16.4. The second-order valence-corrected chi connectivity index (χ2v) is 13.7. The monoisotopic (exact) mass is 624 g/mol. The third kappa shape index (κ3) is 4.84. The highest BCUT2D eigenvalue weighted by Gasteiger charge is 2.75. The normalized spacial score (nSPS) is 27.7. The first-order valence-corrected chi connectivity index (χ1v) is 16.6. The lowest BCUT2D eigenvalue weighted by molar-refractivity contribution is -0.224. The third-order valence-electron chi connectivity index (χ3n) is 10.8. The van der Waals surface area contributed by atoms with Gasteiger partial charge in [-0.1, -0.05) is 50.2 Å². The number of furan rings is 1. The van der Waals surface area contributed by atoms with Crippen molar-refractivity contribution in [2.45, 2.75) is 82.1 Å². The Morgan fingerprint density at radius 2 is 1.96 bits per heavy atom. The molecule has 2 aliphatic carbocycles. The fraction of sp³-hybridized carbons (Fsp3) is 0.474. The predicted molar refractivity (Wildman–Crippen MR) is 175 cm³/mol. The number of amides is 1. The Kier molecular flexibility index (Phi) is 7.96. The maximum absolute atomic E-state index is 14.1. The average molecular weight is 625 g/mol. The van der Waals surface area contributed by atoms with Crippen LogP contribution in [0.2, 0.25) is 0 Å². The molecule has 3 aromatic rings. The topological polar surface area (TPSA) is 81.5 Å². The molecule has 0 N–H and O–H groups in total. The Bertz CT molecular complexity index is 1620. The molecule has 1 saturated carbocycles. The molecule has 8 heteroatoms. The molecule has 2 fully saturated rings. The molecule has 1 saturated heterocycles. The van der Waals surface area contributed by atoms with E-state index in [9.17, 15) is 9.59 Å². The zero-order valence-corrected chi connectivity index (χ0v) is 27.2. The lowest BCUT2D eigenvalue weighted by Gasteiger charge is -2.65. The van der Waals surface area contributed by atoms with Crippen molar-refractivity contribution in [2.24, 2.45) is 5.92 Å². The first-order chi connectivity index (χ1) is 22.3. The van der Waals surface area contributed by atoms with E-state index in [1.54, 1.807) is 31.8 Å². The number of carbonyl (C=O) groups is 2. The standard InChI is InChI=1S/C38H44N2O6/c1-25(2)23-40(33(42)13-10-28-16-21-44-24-28)30-14-17-38(46-26(3)41)32-22-29-11-12-31(43-4)35-34(29)37(38,36(30)45-35)18-20-39(32)19-15-27-8-6-5-7-9-27/h5-13,16,21,24-25,30,32,36H,14-15,17-20,22-23H2,1-4H3/b13-10+/t30-,32+,36-,37-,38+/m0/s1. The highest BCUT2D eigenvalue weighted by Crippen LogP contribution is 2.67. The van der Waals surface area contributed by atoms with E-state index in [0.29, 0.717) is 25.1 Å². The van der Waals surface area contributed by atoms with Crippen molar-refractivity contribution in [3.05, 3.63) is 89.4 Å². The smallest absolute Gasteiger partial charge is 0.303 e. The number of methoxy groups -OCH3 is 1. The molecule has 7 rings (SSSR count). The van der Waals surface area contributed by atoms with E-state index in [-0.39, 0.29) is 29.9 Å². The van der Waals surface area contributed by atoms with E-state index in [1.165, 1.54) is 18.1 Å². The number of esters is 1. The highest BCUT2D eigenvalue weighted by atomic mass is 16.6. The van der Waals surface area contributed by atoms with Gasteiger partial charge in [-0.05, 0) is 73.9 Å². The zero-order valence-electron chi connectivity index (χ0n) is 27.2. The fourth-order valence-corrected chi connectivity index (χ4v) is 9.11. The molecule has 242 valence electrons. The molecule has 2 aromatic carbocycles. The predicted octanol–water partition coefficient (Wildman–Crippen LogP) is 5.82. The quantitative estimate of drug-likeness (QED) is 0.208. The molecule has 46 heavy (non-hydrogen) atoms. The van der Waals surface area contributed by atoms with Crippen LogP contribution in [0.4, 0.5) is 0 Å². The van der Waals surface area contributed by atoms with Crippen LogP contribution >= 0.6 is 0 Å². The van der Waals surface area contributed by atoms with Crippen molar-refractivity contribution >= 4 is 18.0 Å². The first-order valence-electron chi connectivity index (χ1n) is 16.6. The van der Waals surface area contributed by atoms with Gasteiger partial charge >= 0.3 is 5.97 Å². The average Bonchev–Trinajstić information content (AvgIpc) is 3.69. The van der Waals surface area contributed by atoms with Crippen LogP contribution in [0.15, 0.2) is 71.6 Å². The number of carbonyl (C=O) groups excluding carboxylic acids is 2. The van der Waals surface area contributed by atoms with Crippen LogP contribution in [-0.2, 0) is 32.6 Å². The van der Waals surface area contributed by atoms with Crippen LogP contribution in [0.5, 0.6) is 11.5 Å². The summed E-state index contributed by atoms with van der Waals surface area (Å²) in [5, 5.41) is 0. The molecule has 5 atom stereocenters. The van der Waals surface area contributed by atoms with E-state index in [4.69, 9.17) is 18.6 Å². The minimum absolute atomic E-state index is 0.0111. The third-order valence-corrected chi connectivity index (χ3v) is 10.8. The molecule has 2 aliphatic heterocycles. The SMILES string of the molecule is COc1ccc2c3c1O[C@H]1[C@@H](N(CC(C)C)C(=O)/C=C/c4ccoc4)CC[C@@]4(OC(C)=O)[C@@H](C2)N(CCc2ccccc2)CC[C@]314. The van der Waals surface area contributed by atoms with Crippen LogP contribution in [0.25, 0.3) is 6.08 Å². The van der Waals surface area contributed by atoms with Gasteiger partial charge in [0.25, 0.3) is 0 Å². The minimum atomic E-state index is -0.793. The lowest BCUT2D eigenvalue weighted by atomic mass is 9.48. The second kappa shape index (κ2) is 12.0. The summed E-state index contributed by atoms with van der Waals surface area (Å²) in [6.07, 6.45) is 10.0. The van der Waals surface area contributed by atoms with Gasteiger partial charge in [-0.3, -0.25) is 14.5 Å². The van der Waals surface area contributed by atoms with Crippen molar-refractivity contribution in [1.29, 1.82) is 0 Å². The van der Waals surface area contributed by atoms with Crippen LogP contribution in [-0.4, -0.2) is 72.2 Å². The molecule has 1 aromatic heterocycles. The van der Waals surface area contributed by atoms with Gasteiger partial charge in [0.15, 0.2) is 11.5 Å². The van der Waals surface area contributed by atoms with Gasteiger partial charge in [-0.2, -0.15) is 0 Å². The summed E-state index contributed by atoms with van der Waals surface area (Å²) in [5.74, 6) is 1.34. The molecule has 1 spiro atoms. The molecule has 4 aliphatic rings. The van der Waals surface area contributed by atoms with Gasteiger partial charge in [-0.25, -0.2) is 0 Å². The molecule has 3 heterocycles. The Morgan fingerprint density at radius 3 is 2.67 bits per heavy atom. The van der Waals surface area contributed by atoms with Crippen molar-refractivity contribution < 1.29 is 28.2 Å². The molecular formula is C38H44N2O6. The Balaban J connectivity index is 1.33. The summed E-state index contributed by atoms with van der Waals surface area (Å²) in [6.45, 7) is 8.11. The van der Waals surface area contributed by atoms with Gasteiger partial charge < -0.3 is 23.5 Å². The van der Waals surface area contributed by atoms with Crippen molar-refractivity contribution in [3.63, 3.8) is 0 Å². The number of piperidine rings is 1. The van der Waals surface area contributed by atoms with Crippen LogP contribution in [0.3, 0.4) is 0 Å². The molecule has 0 radical (unpaired) electrons. The van der Waals surface area contributed by atoms with Gasteiger partial charge in [0.2, 0.25) is 5.91 Å². The number of rotatable bonds is 10. The molecule has 1 amide bonds. The number of ether oxygens (including phenoxy) is 3. The molecule has 8 nitrogen and oxygen atoms in total. The van der Waals surface area contributed by atoms with Crippen LogP contribution in [0, 0.1) is 5.92 Å². The molecular weight excluding hydrogens is 580 g/mol. The number of benzene rings is 2. The Morgan fingerprint density at radius 1 is 1.13 bits per heavy atom. The van der Waals surface area contributed by atoms with Crippen molar-refractivity contribution in [2.75, 3.05) is 26.7 Å². The van der Waals surface area contributed by atoms with E-state index in [1.807, 2.05) is 23.1 Å². The molecule has 2 bridgehead atoms. The summed E-state index contributed by atoms with van der Waals surface area (Å²) in [5.41, 5.74) is 3.07. The largest absolute Gasteiger partial charge is 0.493 e. The summed E-state index contributed by atoms with van der Waals surface area (Å²) < 4.78 is 24.9. The number of likely N-dealkylation sites (tertiary alicyclic amines) is 1. The summed E-state index contributed by atoms with van der Waals surface area (Å²) in [4.78, 5) is 31.7. The fourth-order valence-electron chi connectivity index (χ4n) is 9.11. The minimum Gasteiger partial charge on any atom is -0.493 e. The van der Waals surface area contributed by atoms with E-state index >= 15 is 0 Å². The van der Waals surface area contributed by atoms with Gasteiger partial charge in [-0.15, -0.1) is 0 Å². The zero-order chi connectivity index (χ0) is 32.1. The highest BCUT2D eigenvalue weighted by molar-refractivity contribution is 5.92. The summed E-state index contributed by atoms with van der Waals surface area (Å²) >= 11 is 0. The Hall–Kier alpha value is -4.04. The Labute approximate surface area is 271 Å². The number of hydrogen-bond donors (Lipinski definition) is 0. The van der Waals surface area contributed by atoms with Gasteiger partial charge in [0.05, 0.1) is 37.1 Å². The maximum atomic E-state index is 14.1. The lowest BCUT2D eigenvalue weighted by Crippen LogP contribution is -2.79. The van der Waals surface area contributed by atoms with Crippen LogP contribution < -0.4 is 9.47 Å². The molecule has 0 unspecified atom stereocenters. The van der Waals surface area contributed by atoms with Gasteiger partial charge in [0, 0.05) is 37.2 Å². The second-order valence-electron chi connectivity index (χ2n) is 13.7. The summed E-state index contributed by atoms with van der Waals surface area (Å²) in [7, 11) is 1.67.